The molecule has 1 unspecified atom stereocenters. The second kappa shape index (κ2) is 4.75. The summed E-state index contributed by atoms with van der Waals surface area (Å²) in [6.07, 6.45) is 3.45. The molecule has 3 nitrogen and oxygen atoms in total. The molecule has 16 heavy (non-hydrogen) atoms. The van der Waals surface area contributed by atoms with E-state index < -0.39 is 5.82 Å². The minimum absolute atomic E-state index is 0.0631. The van der Waals surface area contributed by atoms with Crippen LogP contribution in [0.3, 0.4) is 0 Å². The number of nitrogens with zero attached hydrogens (tertiary/aromatic N) is 2. The monoisotopic (exact) mass is 261 g/mol. The molecule has 0 spiro atoms. The summed E-state index contributed by atoms with van der Waals surface area (Å²) in [5.74, 6) is 0.898. The number of aromatic nitrogens is 2. The lowest BCUT2D eigenvalue weighted by Gasteiger charge is -2.23. The summed E-state index contributed by atoms with van der Waals surface area (Å²) in [5.41, 5.74) is 0. The van der Waals surface area contributed by atoms with Crippen LogP contribution < -0.4 is 5.32 Å². The van der Waals surface area contributed by atoms with Crippen LogP contribution in [-0.2, 0) is 0 Å². The maximum absolute atomic E-state index is 13.3. The van der Waals surface area contributed by atoms with Crippen molar-refractivity contribution in [2.45, 2.75) is 24.5 Å². The molecular weight excluding hydrogens is 249 g/mol. The fourth-order valence-electron chi connectivity index (χ4n) is 1.72. The molecule has 1 atom stereocenters. The molecule has 2 heterocycles. The van der Waals surface area contributed by atoms with Gasteiger partial charge in [0.2, 0.25) is 5.28 Å². The second-order valence-electron chi connectivity index (χ2n) is 4.09. The Labute approximate surface area is 103 Å². The lowest BCUT2D eigenvalue weighted by molar-refractivity contribution is 0.603. The Hall–Kier alpha value is -0.550. The molecule has 0 saturated carbocycles. The van der Waals surface area contributed by atoms with Crippen molar-refractivity contribution in [1.29, 1.82) is 0 Å². The Morgan fingerprint density at radius 2 is 2.50 bits per heavy atom. The average molecular weight is 262 g/mol. The standard InChI is InChI=1S/C10H13ClFN3S/c1-10(3-2-4-16-10)6-14-8-7(12)5-13-9(11)15-8/h5H,2-4,6H2,1H3,(H,13,14,15). The van der Waals surface area contributed by atoms with Gasteiger partial charge in [-0.1, -0.05) is 0 Å². The highest BCUT2D eigenvalue weighted by molar-refractivity contribution is 8.00. The van der Waals surface area contributed by atoms with Gasteiger partial charge in [0.25, 0.3) is 0 Å². The van der Waals surface area contributed by atoms with E-state index in [4.69, 9.17) is 11.6 Å². The van der Waals surface area contributed by atoms with Gasteiger partial charge in [-0.15, -0.1) is 0 Å². The highest BCUT2D eigenvalue weighted by Crippen LogP contribution is 2.37. The van der Waals surface area contributed by atoms with E-state index in [1.165, 1.54) is 12.2 Å². The molecule has 0 amide bonds. The zero-order chi connectivity index (χ0) is 11.6. The third-order valence-corrected chi connectivity index (χ3v) is 4.37. The molecule has 1 aromatic rings. The Kier molecular flexibility index (Phi) is 3.54. The van der Waals surface area contributed by atoms with Crippen molar-refractivity contribution < 1.29 is 4.39 Å². The number of anilines is 1. The third-order valence-electron chi connectivity index (χ3n) is 2.64. The van der Waals surface area contributed by atoms with Crippen molar-refractivity contribution >= 4 is 29.2 Å². The highest BCUT2D eigenvalue weighted by Gasteiger charge is 2.29. The molecule has 0 bridgehead atoms. The summed E-state index contributed by atoms with van der Waals surface area (Å²) in [6, 6.07) is 0. The smallest absolute Gasteiger partial charge is 0.224 e. The van der Waals surface area contributed by atoms with Gasteiger partial charge < -0.3 is 5.32 Å². The molecule has 0 radical (unpaired) electrons. The van der Waals surface area contributed by atoms with Crippen LogP contribution in [0.5, 0.6) is 0 Å². The largest absolute Gasteiger partial charge is 0.366 e. The van der Waals surface area contributed by atoms with E-state index in [1.54, 1.807) is 0 Å². The van der Waals surface area contributed by atoms with Crippen molar-refractivity contribution in [2.24, 2.45) is 0 Å². The molecular formula is C10H13ClFN3S. The van der Waals surface area contributed by atoms with Gasteiger partial charge in [0, 0.05) is 11.3 Å². The summed E-state index contributed by atoms with van der Waals surface area (Å²) in [5, 5.41) is 3.07. The molecule has 1 aliphatic heterocycles. The first-order valence-electron chi connectivity index (χ1n) is 5.15. The number of thioether (sulfide) groups is 1. The fraction of sp³-hybridized carbons (Fsp3) is 0.600. The zero-order valence-corrected chi connectivity index (χ0v) is 10.5. The van der Waals surface area contributed by atoms with Crippen LogP contribution in [0.1, 0.15) is 19.8 Å². The molecule has 1 saturated heterocycles. The van der Waals surface area contributed by atoms with Crippen molar-refractivity contribution in [3.05, 3.63) is 17.3 Å². The van der Waals surface area contributed by atoms with Gasteiger partial charge in [-0.25, -0.2) is 9.37 Å². The van der Waals surface area contributed by atoms with Crippen molar-refractivity contribution in [3.63, 3.8) is 0 Å². The van der Waals surface area contributed by atoms with Crippen LogP contribution in [0.4, 0.5) is 10.2 Å². The molecule has 1 aliphatic rings. The van der Waals surface area contributed by atoms with Crippen LogP contribution in [-0.4, -0.2) is 27.0 Å². The summed E-state index contributed by atoms with van der Waals surface area (Å²) >= 11 is 7.53. The molecule has 0 aromatic carbocycles. The number of hydrogen-bond acceptors (Lipinski definition) is 4. The minimum Gasteiger partial charge on any atom is -0.366 e. The quantitative estimate of drug-likeness (QED) is 0.849. The predicted molar refractivity (Wildman–Crippen MR) is 65.6 cm³/mol. The third kappa shape index (κ3) is 2.77. The van der Waals surface area contributed by atoms with E-state index >= 15 is 0 Å². The maximum Gasteiger partial charge on any atom is 0.224 e. The molecule has 1 fully saturated rings. The van der Waals surface area contributed by atoms with Crippen LogP contribution >= 0.6 is 23.4 Å². The van der Waals surface area contributed by atoms with Gasteiger partial charge in [0.1, 0.15) is 0 Å². The van der Waals surface area contributed by atoms with E-state index in [1.807, 2.05) is 11.8 Å². The Balaban J connectivity index is 2.01. The normalized spacial score (nSPS) is 24.7. The van der Waals surface area contributed by atoms with Gasteiger partial charge in [-0.3, -0.25) is 0 Å². The first-order chi connectivity index (χ1) is 7.59. The van der Waals surface area contributed by atoms with Gasteiger partial charge in [0.05, 0.1) is 6.20 Å². The van der Waals surface area contributed by atoms with Crippen LogP contribution in [0, 0.1) is 5.82 Å². The van der Waals surface area contributed by atoms with Crippen molar-refractivity contribution in [1.82, 2.24) is 9.97 Å². The summed E-state index contributed by atoms with van der Waals surface area (Å²) in [4.78, 5) is 7.39. The molecule has 2 rings (SSSR count). The van der Waals surface area contributed by atoms with Gasteiger partial charge in [-0.2, -0.15) is 16.7 Å². The van der Waals surface area contributed by atoms with Crippen molar-refractivity contribution in [3.8, 4) is 0 Å². The van der Waals surface area contributed by atoms with E-state index in [0.29, 0.717) is 6.54 Å². The predicted octanol–water partition coefficient (Wildman–Crippen LogP) is 2.97. The van der Waals surface area contributed by atoms with Crippen LogP contribution in [0.2, 0.25) is 5.28 Å². The Morgan fingerprint density at radius 3 is 3.19 bits per heavy atom. The first-order valence-corrected chi connectivity index (χ1v) is 6.51. The average Bonchev–Trinajstić information content (AvgIpc) is 2.67. The lowest BCUT2D eigenvalue weighted by Crippen LogP contribution is -2.27. The van der Waals surface area contributed by atoms with E-state index in [0.717, 1.165) is 12.6 Å². The van der Waals surface area contributed by atoms with E-state index in [-0.39, 0.29) is 15.8 Å². The summed E-state index contributed by atoms with van der Waals surface area (Å²) < 4.78 is 13.5. The van der Waals surface area contributed by atoms with Crippen LogP contribution in [0.25, 0.3) is 0 Å². The van der Waals surface area contributed by atoms with Crippen molar-refractivity contribution in [2.75, 3.05) is 17.6 Å². The van der Waals surface area contributed by atoms with Crippen LogP contribution in [0.15, 0.2) is 6.20 Å². The topological polar surface area (TPSA) is 37.8 Å². The first kappa shape index (κ1) is 11.9. The number of nitrogens with one attached hydrogen (secondary N) is 1. The van der Waals surface area contributed by atoms with E-state index in [2.05, 4.69) is 22.2 Å². The second-order valence-corrected chi connectivity index (χ2v) is 6.11. The molecule has 88 valence electrons. The lowest BCUT2D eigenvalue weighted by atomic mass is 10.1. The fourth-order valence-corrected chi connectivity index (χ4v) is 3.09. The minimum atomic E-state index is -0.462. The molecule has 6 heteroatoms. The SMILES string of the molecule is CC1(CNc2nc(Cl)ncc2F)CCCS1. The molecule has 0 aliphatic carbocycles. The van der Waals surface area contributed by atoms with Gasteiger partial charge in [0.15, 0.2) is 11.6 Å². The summed E-state index contributed by atoms with van der Waals surface area (Å²) in [7, 11) is 0. The van der Waals surface area contributed by atoms with E-state index in [9.17, 15) is 4.39 Å². The molecule has 1 aromatic heterocycles. The molecule has 1 N–H and O–H groups in total. The van der Waals surface area contributed by atoms with Gasteiger partial charge in [-0.05, 0) is 37.1 Å². The Bertz CT molecular complexity index is 382. The summed E-state index contributed by atoms with van der Waals surface area (Å²) in [6.45, 7) is 2.88. The highest BCUT2D eigenvalue weighted by atomic mass is 35.5. The van der Waals surface area contributed by atoms with Gasteiger partial charge >= 0.3 is 0 Å². The maximum atomic E-state index is 13.3. The number of hydrogen-bond donors (Lipinski definition) is 1. The number of rotatable bonds is 3. The Morgan fingerprint density at radius 1 is 1.69 bits per heavy atom. The number of halogens is 2. The zero-order valence-electron chi connectivity index (χ0n) is 8.96.